The zero-order valence-corrected chi connectivity index (χ0v) is 12.1. The molecule has 2 aromatic carbocycles. The van der Waals surface area contributed by atoms with Gasteiger partial charge >= 0.3 is 12.5 Å². The van der Waals surface area contributed by atoms with Gasteiger partial charge in [0.25, 0.3) is 0 Å². The zero-order valence-electron chi connectivity index (χ0n) is 12.1. The number of rotatable bonds is 3. The summed E-state index contributed by atoms with van der Waals surface area (Å²) < 4.78 is 46.3. The van der Waals surface area contributed by atoms with Gasteiger partial charge in [-0.3, -0.25) is 0 Å². The molecule has 0 aliphatic carbocycles. The van der Waals surface area contributed by atoms with E-state index in [0.29, 0.717) is 22.4 Å². The van der Waals surface area contributed by atoms with Crippen molar-refractivity contribution in [2.24, 2.45) is 0 Å². The van der Waals surface area contributed by atoms with Crippen molar-refractivity contribution in [3.63, 3.8) is 0 Å². The van der Waals surface area contributed by atoms with Gasteiger partial charge in [0.05, 0.1) is 6.04 Å². The van der Waals surface area contributed by atoms with Crippen molar-refractivity contribution in [2.45, 2.75) is 12.4 Å². The summed E-state index contributed by atoms with van der Waals surface area (Å²) in [5.41, 5.74) is 1.85. The maximum Gasteiger partial charge on any atom is 0.573 e. The quantitative estimate of drug-likeness (QED) is 0.888. The van der Waals surface area contributed by atoms with Crippen LogP contribution in [0.25, 0.3) is 11.1 Å². The van der Waals surface area contributed by atoms with Crippen LogP contribution in [0.15, 0.2) is 42.5 Å². The van der Waals surface area contributed by atoms with Crippen LogP contribution in [-0.4, -0.2) is 24.2 Å². The van der Waals surface area contributed by atoms with Gasteiger partial charge in [0.2, 0.25) is 0 Å². The minimum Gasteiger partial charge on any atom is -0.491 e. The lowest BCUT2D eigenvalue weighted by atomic mass is 10.0. The van der Waals surface area contributed by atoms with Crippen molar-refractivity contribution in [1.82, 2.24) is 5.32 Å². The largest absolute Gasteiger partial charge is 0.573 e. The van der Waals surface area contributed by atoms with E-state index in [2.05, 4.69) is 10.1 Å². The summed E-state index contributed by atoms with van der Waals surface area (Å²) in [6.45, 7) is 0.169. The van der Waals surface area contributed by atoms with E-state index in [1.54, 1.807) is 24.3 Å². The number of nitrogens with one attached hydrogen (secondary N) is 1. The summed E-state index contributed by atoms with van der Waals surface area (Å²) in [7, 11) is 0. The third kappa shape index (κ3) is 3.53. The van der Waals surface area contributed by atoms with E-state index in [9.17, 15) is 18.0 Å². The Hall–Kier alpha value is -2.90. The molecule has 0 fully saturated rings. The highest BCUT2D eigenvalue weighted by molar-refractivity contribution is 5.69. The van der Waals surface area contributed by atoms with E-state index in [4.69, 9.17) is 9.84 Å². The SMILES string of the molecule is O=C(O)NC1COc2cc(-c3cccc(OC(F)(F)F)c3)ccc21. The van der Waals surface area contributed by atoms with E-state index in [1.807, 2.05) is 0 Å². The number of fused-ring (bicyclic) bond motifs is 1. The Morgan fingerprint density at radius 1 is 1.21 bits per heavy atom. The van der Waals surface area contributed by atoms with E-state index >= 15 is 0 Å². The molecule has 0 saturated heterocycles. The Morgan fingerprint density at radius 3 is 2.67 bits per heavy atom. The van der Waals surface area contributed by atoms with Crippen LogP contribution in [0.2, 0.25) is 0 Å². The number of alkyl halides is 3. The monoisotopic (exact) mass is 339 g/mol. The topological polar surface area (TPSA) is 67.8 Å². The van der Waals surface area contributed by atoms with Crippen molar-refractivity contribution in [3.05, 3.63) is 48.0 Å². The van der Waals surface area contributed by atoms with E-state index in [0.717, 1.165) is 0 Å². The first kappa shape index (κ1) is 16.0. The van der Waals surface area contributed by atoms with Gasteiger partial charge in [-0.15, -0.1) is 13.2 Å². The van der Waals surface area contributed by atoms with Gasteiger partial charge < -0.3 is 19.9 Å². The van der Waals surface area contributed by atoms with E-state index < -0.39 is 18.5 Å². The molecule has 0 radical (unpaired) electrons. The predicted octanol–water partition coefficient (Wildman–Crippen LogP) is 3.95. The van der Waals surface area contributed by atoms with Crippen LogP contribution in [0.3, 0.4) is 0 Å². The number of hydrogen-bond donors (Lipinski definition) is 2. The summed E-state index contributed by atoms with van der Waals surface area (Å²) in [6.07, 6.45) is -5.91. The molecule has 1 aliphatic heterocycles. The fraction of sp³-hybridized carbons (Fsp3) is 0.188. The lowest BCUT2D eigenvalue weighted by Gasteiger charge is -2.11. The number of amides is 1. The first-order valence-corrected chi connectivity index (χ1v) is 6.94. The summed E-state index contributed by atoms with van der Waals surface area (Å²) >= 11 is 0. The molecule has 1 aliphatic rings. The second kappa shape index (κ2) is 5.95. The average molecular weight is 339 g/mol. The summed E-state index contributed by atoms with van der Waals surface area (Å²) in [6, 6.07) is 10.2. The number of halogens is 3. The van der Waals surface area contributed by atoms with Crippen molar-refractivity contribution in [3.8, 4) is 22.6 Å². The number of hydrogen-bond acceptors (Lipinski definition) is 3. The highest BCUT2D eigenvalue weighted by Crippen LogP contribution is 2.37. The molecule has 5 nitrogen and oxygen atoms in total. The maximum atomic E-state index is 12.3. The second-order valence-electron chi connectivity index (χ2n) is 5.14. The summed E-state index contributed by atoms with van der Waals surface area (Å²) in [5, 5.41) is 11.1. The van der Waals surface area contributed by atoms with Crippen LogP contribution >= 0.6 is 0 Å². The highest BCUT2D eigenvalue weighted by Gasteiger charge is 2.31. The van der Waals surface area contributed by atoms with Crippen molar-refractivity contribution in [1.29, 1.82) is 0 Å². The van der Waals surface area contributed by atoms with E-state index in [-0.39, 0.29) is 12.4 Å². The molecule has 0 saturated carbocycles. The van der Waals surface area contributed by atoms with Crippen LogP contribution < -0.4 is 14.8 Å². The molecule has 0 aromatic heterocycles. The number of carbonyl (C=O) groups is 1. The lowest BCUT2D eigenvalue weighted by molar-refractivity contribution is -0.274. The molecule has 1 heterocycles. The van der Waals surface area contributed by atoms with Gasteiger partial charge in [-0.1, -0.05) is 24.3 Å². The highest BCUT2D eigenvalue weighted by atomic mass is 19.4. The number of benzene rings is 2. The Balaban J connectivity index is 1.87. The molecule has 2 N–H and O–H groups in total. The molecule has 1 amide bonds. The van der Waals surface area contributed by atoms with Crippen molar-refractivity contribution in [2.75, 3.05) is 6.61 Å². The zero-order chi connectivity index (χ0) is 17.3. The fourth-order valence-electron chi connectivity index (χ4n) is 2.53. The van der Waals surface area contributed by atoms with Crippen LogP contribution in [0, 0.1) is 0 Å². The van der Waals surface area contributed by atoms with Gasteiger partial charge in [-0.2, -0.15) is 0 Å². The molecule has 8 heteroatoms. The normalized spacial score (nSPS) is 16.2. The van der Waals surface area contributed by atoms with Gasteiger partial charge in [0.15, 0.2) is 0 Å². The predicted molar refractivity (Wildman–Crippen MR) is 78.0 cm³/mol. The van der Waals surface area contributed by atoms with Gasteiger partial charge in [-0.25, -0.2) is 4.79 Å². The van der Waals surface area contributed by atoms with Gasteiger partial charge in [0, 0.05) is 5.56 Å². The Kier molecular flexibility index (Phi) is 3.96. The minimum absolute atomic E-state index is 0.169. The van der Waals surface area contributed by atoms with Crippen LogP contribution in [-0.2, 0) is 0 Å². The van der Waals surface area contributed by atoms with Gasteiger partial charge in [-0.05, 0) is 29.3 Å². The minimum atomic E-state index is -4.75. The molecule has 1 atom stereocenters. The maximum absolute atomic E-state index is 12.3. The molecule has 3 rings (SSSR count). The first-order valence-electron chi connectivity index (χ1n) is 6.94. The number of ether oxygens (including phenoxy) is 2. The molecular formula is C16H12F3NO4. The second-order valence-corrected chi connectivity index (χ2v) is 5.14. The summed E-state index contributed by atoms with van der Waals surface area (Å²) in [4.78, 5) is 10.7. The standard InChI is InChI=1S/C16H12F3NO4/c17-16(18,19)24-11-3-1-2-9(6-11)10-4-5-12-13(20-15(21)22)8-23-14(12)7-10/h1-7,13,20H,8H2,(H,21,22). The van der Waals surface area contributed by atoms with Crippen molar-refractivity contribution >= 4 is 6.09 Å². The molecule has 24 heavy (non-hydrogen) atoms. The molecule has 2 aromatic rings. The Labute approximate surface area is 134 Å². The lowest BCUT2D eigenvalue weighted by Crippen LogP contribution is -2.27. The smallest absolute Gasteiger partial charge is 0.491 e. The third-order valence-electron chi connectivity index (χ3n) is 3.49. The molecule has 126 valence electrons. The van der Waals surface area contributed by atoms with Crippen LogP contribution in [0.5, 0.6) is 11.5 Å². The van der Waals surface area contributed by atoms with E-state index in [1.165, 1.54) is 18.2 Å². The fourth-order valence-corrected chi connectivity index (χ4v) is 2.53. The molecular weight excluding hydrogens is 327 g/mol. The van der Waals surface area contributed by atoms with Crippen LogP contribution in [0.1, 0.15) is 11.6 Å². The van der Waals surface area contributed by atoms with Crippen molar-refractivity contribution < 1.29 is 32.5 Å². The first-order chi connectivity index (χ1) is 11.3. The van der Waals surface area contributed by atoms with Gasteiger partial charge in [0.1, 0.15) is 18.1 Å². The number of carboxylic acid groups (broad SMARTS) is 1. The van der Waals surface area contributed by atoms with Crippen LogP contribution in [0.4, 0.5) is 18.0 Å². The summed E-state index contributed by atoms with van der Waals surface area (Å²) in [5.74, 6) is 0.181. The Morgan fingerprint density at radius 2 is 1.96 bits per heavy atom. The molecule has 0 spiro atoms. The third-order valence-corrected chi connectivity index (χ3v) is 3.49. The Bertz CT molecular complexity index is 776. The molecule has 0 bridgehead atoms. The molecule has 1 unspecified atom stereocenters. The average Bonchev–Trinajstić information content (AvgIpc) is 2.87.